The van der Waals surface area contributed by atoms with E-state index in [1.54, 1.807) is 24.3 Å². The molecule has 0 radical (unpaired) electrons. The van der Waals surface area contributed by atoms with Gasteiger partial charge in [-0.3, -0.25) is 14.9 Å². The Morgan fingerprint density at radius 2 is 1.53 bits per heavy atom. The van der Waals surface area contributed by atoms with Gasteiger partial charge in [-0.05, 0) is 48.5 Å². The number of imide groups is 2. The number of hydrogen-bond donors (Lipinski definition) is 1. The third-order valence-corrected chi connectivity index (χ3v) is 6.35. The Labute approximate surface area is 205 Å². The Bertz CT molecular complexity index is 1500. The molecule has 3 aromatic rings. The minimum absolute atomic E-state index is 0.0777. The molecular weight excluding hydrogens is 488 g/mol. The van der Waals surface area contributed by atoms with Gasteiger partial charge in [0.15, 0.2) is 0 Å². The van der Waals surface area contributed by atoms with Crippen LogP contribution in [0.3, 0.4) is 0 Å². The molecule has 4 rings (SSSR count). The quantitative estimate of drug-likeness (QED) is 0.233. The van der Waals surface area contributed by atoms with Gasteiger partial charge in [0.2, 0.25) is 0 Å². The van der Waals surface area contributed by atoms with E-state index in [-0.39, 0.29) is 27.5 Å². The number of benzene rings is 3. The topological polar surface area (TPSA) is 136 Å². The Hall–Kier alpha value is -4.77. The lowest BCUT2D eigenvalue weighted by Crippen LogP contribution is -2.54. The summed E-state index contributed by atoms with van der Waals surface area (Å²) in [6.07, 6.45) is 1.13. The molecule has 0 bridgehead atoms. The maximum atomic E-state index is 13.2. The lowest BCUT2D eigenvalue weighted by atomic mass is 10.1. The van der Waals surface area contributed by atoms with Crippen LogP contribution < -0.4 is 14.4 Å². The van der Waals surface area contributed by atoms with Crippen molar-refractivity contribution in [3.8, 4) is 5.75 Å². The zero-order valence-corrected chi connectivity index (χ0v) is 19.5. The van der Waals surface area contributed by atoms with Gasteiger partial charge in [0.1, 0.15) is 16.2 Å². The van der Waals surface area contributed by atoms with Crippen LogP contribution in [0.4, 0.5) is 10.5 Å². The number of para-hydroxylation sites is 1. The average molecular weight is 506 g/mol. The van der Waals surface area contributed by atoms with Crippen molar-refractivity contribution >= 4 is 45.7 Å². The van der Waals surface area contributed by atoms with Crippen molar-refractivity contribution in [2.45, 2.75) is 4.90 Å². The average Bonchev–Trinajstić information content (AvgIpc) is 2.87. The molecule has 11 heteroatoms. The molecule has 1 fully saturated rings. The maximum Gasteiger partial charge on any atom is 0.339 e. The standard InChI is InChI=1S/C25H18N2O8S/c1-34-24(30)16-11-13-18(14-12-16)27-23(29)20(22(28)26-25(27)31)15-17-7-5-6-10-21(17)35-36(32,33)19-8-3-2-4-9-19/h2-15H,1H3,(H,26,28,31)/b20-15+. The zero-order chi connectivity index (χ0) is 25.9. The first-order valence-corrected chi connectivity index (χ1v) is 11.8. The zero-order valence-electron chi connectivity index (χ0n) is 18.7. The van der Waals surface area contributed by atoms with Gasteiger partial charge in [0, 0.05) is 5.56 Å². The monoisotopic (exact) mass is 506 g/mol. The summed E-state index contributed by atoms with van der Waals surface area (Å²) < 4.78 is 35.3. The van der Waals surface area contributed by atoms with Crippen LogP contribution in [0.5, 0.6) is 5.75 Å². The number of nitrogens with one attached hydrogen (secondary N) is 1. The van der Waals surface area contributed by atoms with E-state index in [1.165, 1.54) is 61.7 Å². The summed E-state index contributed by atoms with van der Waals surface area (Å²) in [7, 11) is -2.98. The molecule has 0 atom stereocenters. The number of barbiturate groups is 1. The van der Waals surface area contributed by atoms with E-state index < -0.39 is 39.5 Å². The highest BCUT2D eigenvalue weighted by atomic mass is 32.2. The van der Waals surface area contributed by atoms with Crippen molar-refractivity contribution in [1.82, 2.24) is 5.32 Å². The molecule has 0 saturated carbocycles. The lowest BCUT2D eigenvalue weighted by Gasteiger charge is -2.26. The van der Waals surface area contributed by atoms with E-state index in [0.717, 1.165) is 11.0 Å². The molecule has 1 aliphatic heterocycles. The van der Waals surface area contributed by atoms with Crippen LogP contribution >= 0.6 is 0 Å². The van der Waals surface area contributed by atoms with E-state index in [9.17, 15) is 27.6 Å². The number of nitrogens with zero attached hydrogens (tertiary/aromatic N) is 1. The molecule has 0 unspecified atom stereocenters. The molecule has 4 amide bonds. The highest BCUT2D eigenvalue weighted by molar-refractivity contribution is 7.87. The summed E-state index contributed by atoms with van der Waals surface area (Å²) in [6, 6.07) is 17.8. The predicted molar refractivity (Wildman–Crippen MR) is 127 cm³/mol. The molecule has 3 aromatic carbocycles. The summed E-state index contributed by atoms with van der Waals surface area (Å²) >= 11 is 0. The Kier molecular flexibility index (Phi) is 6.66. The normalized spacial score (nSPS) is 15.0. The molecular formula is C25H18N2O8S. The van der Waals surface area contributed by atoms with Gasteiger partial charge in [-0.2, -0.15) is 8.42 Å². The summed E-state index contributed by atoms with van der Waals surface area (Å²) in [5, 5.41) is 2.08. The summed E-state index contributed by atoms with van der Waals surface area (Å²) in [5.41, 5.74) is -0.0194. The molecule has 0 spiro atoms. The van der Waals surface area contributed by atoms with Crippen molar-refractivity contribution in [3.63, 3.8) is 0 Å². The molecule has 0 aromatic heterocycles. The first kappa shape index (κ1) is 24.4. The van der Waals surface area contributed by atoms with E-state index in [0.29, 0.717) is 0 Å². The van der Waals surface area contributed by atoms with Crippen molar-refractivity contribution in [2.24, 2.45) is 0 Å². The molecule has 1 heterocycles. The van der Waals surface area contributed by atoms with Gasteiger partial charge in [-0.1, -0.05) is 36.4 Å². The Morgan fingerprint density at radius 1 is 0.889 bits per heavy atom. The second-order valence-corrected chi connectivity index (χ2v) is 8.93. The molecule has 0 aliphatic carbocycles. The van der Waals surface area contributed by atoms with Gasteiger partial charge in [-0.25, -0.2) is 14.5 Å². The molecule has 1 saturated heterocycles. The number of methoxy groups -OCH3 is 1. The Morgan fingerprint density at radius 3 is 2.19 bits per heavy atom. The van der Waals surface area contributed by atoms with Crippen LogP contribution in [-0.4, -0.2) is 39.3 Å². The van der Waals surface area contributed by atoms with Crippen LogP contribution in [-0.2, 0) is 24.4 Å². The van der Waals surface area contributed by atoms with Crippen LogP contribution in [0.15, 0.2) is 89.3 Å². The lowest BCUT2D eigenvalue weighted by molar-refractivity contribution is -0.122. The fraction of sp³-hybridized carbons (Fsp3) is 0.0400. The SMILES string of the molecule is COC(=O)c1ccc(N2C(=O)NC(=O)/C(=C\c3ccccc3OS(=O)(=O)c3ccccc3)C2=O)cc1. The van der Waals surface area contributed by atoms with E-state index >= 15 is 0 Å². The molecule has 182 valence electrons. The first-order chi connectivity index (χ1) is 17.2. The number of ether oxygens (including phenoxy) is 1. The molecule has 10 nitrogen and oxygen atoms in total. The number of hydrogen-bond acceptors (Lipinski definition) is 8. The number of urea groups is 1. The molecule has 1 aliphatic rings. The van der Waals surface area contributed by atoms with Gasteiger partial charge in [0.05, 0.1) is 18.4 Å². The smallest absolute Gasteiger partial charge is 0.339 e. The fourth-order valence-electron chi connectivity index (χ4n) is 3.34. The summed E-state index contributed by atoms with van der Waals surface area (Å²) in [5.74, 6) is -2.64. The fourth-order valence-corrected chi connectivity index (χ4v) is 4.32. The van der Waals surface area contributed by atoms with Gasteiger partial charge < -0.3 is 8.92 Å². The Balaban J connectivity index is 1.68. The number of rotatable bonds is 6. The first-order valence-electron chi connectivity index (χ1n) is 10.4. The molecule has 1 N–H and O–H groups in total. The third kappa shape index (κ3) is 4.86. The van der Waals surface area contributed by atoms with E-state index in [4.69, 9.17) is 4.18 Å². The van der Waals surface area contributed by atoms with Crippen molar-refractivity contribution in [2.75, 3.05) is 12.0 Å². The highest BCUT2D eigenvalue weighted by Crippen LogP contribution is 2.28. The number of carbonyl (C=O) groups is 4. The summed E-state index contributed by atoms with van der Waals surface area (Å²) in [6.45, 7) is 0. The van der Waals surface area contributed by atoms with Crippen molar-refractivity contribution in [1.29, 1.82) is 0 Å². The van der Waals surface area contributed by atoms with E-state index in [2.05, 4.69) is 10.1 Å². The maximum absolute atomic E-state index is 13.2. The number of carbonyl (C=O) groups excluding carboxylic acids is 4. The van der Waals surface area contributed by atoms with Gasteiger partial charge in [0.25, 0.3) is 11.8 Å². The highest BCUT2D eigenvalue weighted by Gasteiger charge is 2.37. The van der Waals surface area contributed by atoms with Crippen LogP contribution in [0.1, 0.15) is 15.9 Å². The van der Waals surface area contributed by atoms with Crippen molar-refractivity contribution in [3.05, 3.63) is 95.6 Å². The van der Waals surface area contributed by atoms with Gasteiger partial charge >= 0.3 is 22.1 Å². The van der Waals surface area contributed by atoms with Crippen LogP contribution in [0.25, 0.3) is 6.08 Å². The molecule has 36 heavy (non-hydrogen) atoms. The van der Waals surface area contributed by atoms with Crippen molar-refractivity contribution < 1.29 is 36.5 Å². The second-order valence-electron chi connectivity index (χ2n) is 7.38. The number of esters is 1. The third-order valence-electron chi connectivity index (χ3n) is 5.10. The number of amides is 4. The van der Waals surface area contributed by atoms with E-state index in [1.807, 2.05) is 0 Å². The van der Waals surface area contributed by atoms with Gasteiger partial charge in [-0.15, -0.1) is 0 Å². The number of anilines is 1. The largest absolute Gasteiger partial charge is 0.465 e. The minimum atomic E-state index is -4.20. The summed E-state index contributed by atoms with van der Waals surface area (Å²) in [4.78, 5) is 50.5. The second kappa shape index (κ2) is 9.84. The van der Waals surface area contributed by atoms with Crippen LogP contribution in [0.2, 0.25) is 0 Å². The van der Waals surface area contributed by atoms with Crippen LogP contribution in [0, 0.1) is 0 Å². The predicted octanol–water partition coefficient (Wildman–Crippen LogP) is 2.91. The minimum Gasteiger partial charge on any atom is -0.465 e.